The van der Waals surface area contributed by atoms with E-state index in [1.807, 2.05) is 0 Å². The van der Waals surface area contributed by atoms with E-state index in [2.05, 4.69) is 20.9 Å². The highest BCUT2D eigenvalue weighted by Gasteiger charge is 2.28. The van der Waals surface area contributed by atoms with Crippen LogP contribution in [0.3, 0.4) is 0 Å². The molecule has 0 saturated heterocycles. The highest BCUT2D eigenvalue weighted by atomic mass is 16.4. The second kappa shape index (κ2) is 15.8. The Morgan fingerprint density at radius 3 is 1.94 bits per heavy atom. The number of nitrogens with zero attached hydrogens (tertiary/aromatic N) is 1. The van der Waals surface area contributed by atoms with Crippen LogP contribution in [0.2, 0.25) is 0 Å². The number of carbonyl (C=O) groups excluding carboxylic acids is 3. The molecule has 13 N–H and O–H groups in total. The molecule has 0 bridgehead atoms. The van der Waals surface area contributed by atoms with Crippen molar-refractivity contribution in [1.82, 2.24) is 16.0 Å². The molecule has 31 heavy (non-hydrogen) atoms. The number of aliphatic imine (C=N–C) groups is 1. The van der Waals surface area contributed by atoms with Gasteiger partial charge in [0, 0.05) is 6.54 Å². The van der Waals surface area contributed by atoms with Crippen molar-refractivity contribution in [2.45, 2.75) is 50.2 Å². The summed E-state index contributed by atoms with van der Waals surface area (Å²) in [6.07, 6.45) is 1.62. The lowest BCUT2D eigenvalue weighted by atomic mass is 10.1. The molecule has 0 spiro atoms. The summed E-state index contributed by atoms with van der Waals surface area (Å²) < 4.78 is 0. The molecule has 0 saturated carbocycles. The minimum Gasteiger partial charge on any atom is -0.480 e. The average molecular weight is 447 g/mol. The number of aliphatic hydroxyl groups is 1. The average Bonchev–Trinajstić information content (AvgIpc) is 2.72. The third-order valence-corrected chi connectivity index (χ3v) is 4.16. The van der Waals surface area contributed by atoms with Crippen LogP contribution < -0.4 is 38.9 Å². The van der Waals surface area contributed by atoms with Gasteiger partial charge in [0.2, 0.25) is 17.7 Å². The van der Waals surface area contributed by atoms with Crippen LogP contribution >= 0.6 is 0 Å². The second-order valence-corrected chi connectivity index (χ2v) is 6.70. The lowest BCUT2D eigenvalue weighted by Crippen LogP contribution is -2.57. The van der Waals surface area contributed by atoms with Gasteiger partial charge in [0.1, 0.15) is 18.1 Å². The number of aliphatic carboxylic acids is 1. The Hall–Kier alpha value is -2.97. The molecule has 14 nitrogen and oxygen atoms in total. The first kappa shape index (κ1) is 28.0. The van der Waals surface area contributed by atoms with Gasteiger partial charge in [-0.2, -0.15) is 0 Å². The van der Waals surface area contributed by atoms with Crippen LogP contribution in [0.1, 0.15) is 32.1 Å². The van der Waals surface area contributed by atoms with Crippen LogP contribution in [0.25, 0.3) is 0 Å². The van der Waals surface area contributed by atoms with Crippen molar-refractivity contribution in [3.8, 4) is 0 Å². The fourth-order valence-corrected chi connectivity index (χ4v) is 2.51. The summed E-state index contributed by atoms with van der Waals surface area (Å²) >= 11 is 0. The van der Waals surface area contributed by atoms with E-state index in [0.29, 0.717) is 25.8 Å². The molecule has 0 aliphatic carbocycles. The van der Waals surface area contributed by atoms with Crippen LogP contribution in [0.4, 0.5) is 0 Å². The van der Waals surface area contributed by atoms with Crippen molar-refractivity contribution >= 4 is 29.7 Å². The number of carboxylic acid groups (broad SMARTS) is 1. The smallest absolute Gasteiger partial charge is 0.326 e. The van der Waals surface area contributed by atoms with Crippen molar-refractivity contribution in [2.24, 2.45) is 27.9 Å². The van der Waals surface area contributed by atoms with Gasteiger partial charge in [-0.15, -0.1) is 0 Å². The van der Waals surface area contributed by atoms with Gasteiger partial charge >= 0.3 is 5.97 Å². The lowest BCUT2D eigenvalue weighted by Gasteiger charge is -2.23. The first-order chi connectivity index (χ1) is 14.7. The molecule has 0 fully saturated rings. The molecule has 0 heterocycles. The maximum absolute atomic E-state index is 12.7. The number of guanidine groups is 1. The van der Waals surface area contributed by atoms with E-state index >= 15 is 0 Å². The molecule has 0 aromatic rings. The molecule has 178 valence electrons. The third kappa shape index (κ3) is 12.3. The molecule has 3 unspecified atom stereocenters. The Kier molecular flexibility index (Phi) is 14.3. The summed E-state index contributed by atoms with van der Waals surface area (Å²) in [4.78, 5) is 51.7. The number of nitrogens with one attached hydrogen (secondary N) is 3. The summed E-state index contributed by atoms with van der Waals surface area (Å²) in [6.45, 7) is -0.555. The van der Waals surface area contributed by atoms with Crippen LogP contribution in [0.15, 0.2) is 4.99 Å². The number of carboxylic acids is 1. The Morgan fingerprint density at radius 1 is 0.839 bits per heavy atom. The molecular weight excluding hydrogens is 412 g/mol. The van der Waals surface area contributed by atoms with E-state index in [0.717, 1.165) is 0 Å². The predicted octanol–water partition coefficient (Wildman–Crippen LogP) is -4.34. The fraction of sp³-hybridized carbons (Fsp3) is 0.706. The monoisotopic (exact) mass is 446 g/mol. The van der Waals surface area contributed by atoms with E-state index < -0.39 is 55.0 Å². The molecule has 0 aromatic carbocycles. The van der Waals surface area contributed by atoms with Crippen molar-refractivity contribution in [3.05, 3.63) is 0 Å². The van der Waals surface area contributed by atoms with E-state index in [4.69, 9.17) is 22.9 Å². The van der Waals surface area contributed by atoms with Crippen LogP contribution in [0, 0.1) is 0 Å². The zero-order valence-electron chi connectivity index (χ0n) is 17.4. The van der Waals surface area contributed by atoms with Crippen LogP contribution in [-0.2, 0) is 19.2 Å². The van der Waals surface area contributed by atoms with Gasteiger partial charge in [-0.3, -0.25) is 19.4 Å². The number of nitrogens with two attached hydrogens (primary N) is 4. The first-order valence-corrected chi connectivity index (χ1v) is 9.85. The normalized spacial score (nSPS) is 13.4. The van der Waals surface area contributed by atoms with Crippen molar-refractivity contribution in [3.63, 3.8) is 0 Å². The highest BCUT2D eigenvalue weighted by Crippen LogP contribution is 2.05. The summed E-state index contributed by atoms with van der Waals surface area (Å²) in [5.74, 6) is -3.60. The zero-order valence-corrected chi connectivity index (χ0v) is 17.4. The van der Waals surface area contributed by atoms with Crippen molar-refractivity contribution in [2.75, 3.05) is 26.2 Å². The number of rotatable bonds is 16. The van der Waals surface area contributed by atoms with E-state index in [9.17, 15) is 29.4 Å². The van der Waals surface area contributed by atoms with Crippen LogP contribution in [0.5, 0.6) is 0 Å². The SMILES string of the molecule is NCCCCC(NC(=O)C(CCCN=C(N)N)NC(=O)C(CO)NC(=O)CN)C(=O)O. The molecule has 0 aromatic heterocycles. The fourth-order valence-electron chi connectivity index (χ4n) is 2.51. The largest absolute Gasteiger partial charge is 0.480 e. The predicted molar refractivity (Wildman–Crippen MR) is 112 cm³/mol. The Balaban J connectivity index is 5.24. The molecule has 0 aliphatic rings. The topological polar surface area (TPSA) is 261 Å². The van der Waals surface area contributed by atoms with Crippen LogP contribution in [-0.4, -0.2) is 84.2 Å². The molecule has 3 atom stereocenters. The zero-order chi connectivity index (χ0) is 23.8. The third-order valence-electron chi connectivity index (χ3n) is 4.16. The summed E-state index contributed by atoms with van der Waals surface area (Å²) in [6, 6.07) is -3.65. The van der Waals surface area contributed by atoms with Crippen molar-refractivity contribution < 1.29 is 29.4 Å². The summed E-state index contributed by atoms with van der Waals surface area (Å²) in [5, 5.41) is 25.7. The lowest BCUT2D eigenvalue weighted by molar-refractivity contribution is -0.142. The number of amides is 3. The van der Waals surface area contributed by atoms with Gasteiger partial charge in [-0.05, 0) is 38.6 Å². The maximum Gasteiger partial charge on any atom is 0.326 e. The van der Waals surface area contributed by atoms with Crippen molar-refractivity contribution in [1.29, 1.82) is 0 Å². The quantitative estimate of drug-likeness (QED) is 0.0624. The minimum atomic E-state index is -1.33. The second-order valence-electron chi connectivity index (χ2n) is 6.70. The van der Waals surface area contributed by atoms with Gasteiger partial charge in [0.25, 0.3) is 0 Å². The summed E-state index contributed by atoms with van der Waals surface area (Å²) in [7, 11) is 0. The number of aliphatic hydroxyl groups excluding tert-OH is 1. The molecule has 0 aliphatic heterocycles. The van der Waals surface area contributed by atoms with Gasteiger partial charge in [0.15, 0.2) is 5.96 Å². The molecule has 3 amide bonds. The van der Waals surface area contributed by atoms with Gasteiger partial charge < -0.3 is 49.1 Å². The number of carbonyl (C=O) groups is 4. The first-order valence-electron chi connectivity index (χ1n) is 9.85. The molecular formula is C17H34N8O6. The minimum absolute atomic E-state index is 0.0759. The van der Waals surface area contributed by atoms with E-state index in [1.54, 1.807) is 0 Å². The Bertz CT molecular complexity index is 626. The standard InChI is InChI=1S/C17H34N8O6/c18-6-2-1-4-11(16(30)31)25-14(28)10(5-3-7-22-17(20)21)24-15(29)12(9-26)23-13(27)8-19/h10-12,26H,1-9,18-19H2,(H,23,27)(H,24,29)(H,25,28)(H,30,31)(H4,20,21,22). The van der Waals surface area contributed by atoms with Gasteiger partial charge in [-0.25, -0.2) is 4.79 Å². The van der Waals surface area contributed by atoms with Gasteiger partial charge in [-0.1, -0.05) is 0 Å². The Labute approximate surface area is 180 Å². The number of hydrogen-bond donors (Lipinski definition) is 9. The summed E-state index contributed by atoms with van der Waals surface area (Å²) in [5.41, 5.74) is 21.1. The van der Waals surface area contributed by atoms with Gasteiger partial charge in [0.05, 0.1) is 13.2 Å². The Morgan fingerprint density at radius 2 is 1.42 bits per heavy atom. The van der Waals surface area contributed by atoms with E-state index in [-0.39, 0.29) is 25.3 Å². The molecule has 0 radical (unpaired) electrons. The van der Waals surface area contributed by atoms with E-state index in [1.165, 1.54) is 0 Å². The highest BCUT2D eigenvalue weighted by molar-refractivity contribution is 5.93. The maximum atomic E-state index is 12.7. The number of unbranched alkanes of at least 4 members (excludes halogenated alkanes) is 1. The molecule has 14 heteroatoms. The number of hydrogen-bond acceptors (Lipinski definition) is 8. The molecule has 0 rings (SSSR count).